The van der Waals surface area contributed by atoms with E-state index < -0.39 is 12.0 Å². The Labute approximate surface area is 122 Å². The zero-order chi connectivity index (χ0) is 15.0. The minimum absolute atomic E-state index is 0.378. The summed E-state index contributed by atoms with van der Waals surface area (Å²) >= 11 is 1.55. The Hall–Kier alpha value is -1.53. The van der Waals surface area contributed by atoms with Crippen molar-refractivity contribution >= 4 is 23.6 Å². The van der Waals surface area contributed by atoms with Crippen LogP contribution in [-0.4, -0.2) is 42.1 Å². The van der Waals surface area contributed by atoms with Gasteiger partial charge in [0.2, 0.25) is 0 Å². The van der Waals surface area contributed by atoms with Crippen LogP contribution in [0.2, 0.25) is 0 Å². The normalized spacial score (nSPS) is 11.9. The highest BCUT2D eigenvalue weighted by Gasteiger charge is 2.20. The van der Waals surface area contributed by atoms with Crippen molar-refractivity contribution < 1.29 is 19.4 Å². The fourth-order valence-corrected chi connectivity index (χ4v) is 2.18. The van der Waals surface area contributed by atoms with Crippen LogP contribution in [-0.2, 0) is 16.1 Å². The number of hydrogen-bond acceptors (Lipinski definition) is 4. The molecule has 0 aliphatic carbocycles. The minimum atomic E-state index is -1.01. The van der Waals surface area contributed by atoms with E-state index in [9.17, 15) is 9.59 Å². The van der Waals surface area contributed by atoms with Crippen LogP contribution in [0.25, 0.3) is 0 Å². The molecule has 1 unspecified atom stereocenters. The molecule has 0 saturated carbocycles. The molecule has 0 spiro atoms. The van der Waals surface area contributed by atoms with Crippen molar-refractivity contribution in [3.8, 4) is 0 Å². The number of carboxylic acid groups (broad SMARTS) is 1. The van der Waals surface area contributed by atoms with E-state index in [2.05, 4.69) is 5.32 Å². The SMILES string of the molecule is COCc1cccc(C(=O)NC(CCSC)C(=O)O)c1. The molecule has 6 heteroatoms. The van der Waals surface area contributed by atoms with Gasteiger partial charge < -0.3 is 15.2 Å². The molecule has 1 atom stereocenters. The summed E-state index contributed by atoms with van der Waals surface area (Å²) in [6.07, 6.45) is 2.30. The maximum atomic E-state index is 12.1. The number of ether oxygens (including phenoxy) is 1. The number of nitrogens with one attached hydrogen (secondary N) is 1. The van der Waals surface area contributed by atoms with Gasteiger partial charge in [-0.15, -0.1) is 0 Å². The van der Waals surface area contributed by atoms with Gasteiger partial charge in [0, 0.05) is 12.7 Å². The van der Waals surface area contributed by atoms with Gasteiger partial charge in [-0.05, 0) is 36.1 Å². The standard InChI is InChI=1S/C14H19NO4S/c1-19-9-10-4-3-5-11(8-10)13(16)15-12(14(17)18)6-7-20-2/h3-5,8,12H,6-7,9H2,1-2H3,(H,15,16)(H,17,18). The van der Waals surface area contributed by atoms with E-state index in [0.717, 1.165) is 5.56 Å². The molecule has 1 rings (SSSR count). The number of amides is 1. The maximum Gasteiger partial charge on any atom is 0.326 e. The van der Waals surface area contributed by atoms with Crippen LogP contribution < -0.4 is 5.32 Å². The molecule has 0 saturated heterocycles. The van der Waals surface area contributed by atoms with E-state index in [1.54, 1.807) is 37.1 Å². The Morgan fingerprint density at radius 2 is 2.20 bits per heavy atom. The van der Waals surface area contributed by atoms with Gasteiger partial charge in [-0.2, -0.15) is 11.8 Å². The van der Waals surface area contributed by atoms with Crippen molar-refractivity contribution in [3.05, 3.63) is 35.4 Å². The highest BCUT2D eigenvalue weighted by atomic mass is 32.2. The van der Waals surface area contributed by atoms with Gasteiger partial charge in [0.05, 0.1) is 6.61 Å². The molecule has 110 valence electrons. The molecule has 1 aromatic carbocycles. The lowest BCUT2D eigenvalue weighted by Crippen LogP contribution is -2.41. The van der Waals surface area contributed by atoms with E-state index in [1.165, 1.54) is 0 Å². The van der Waals surface area contributed by atoms with Crippen LogP contribution in [0.4, 0.5) is 0 Å². The second-order valence-corrected chi connectivity index (χ2v) is 5.26. The van der Waals surface area contributed by atoms with E-state index in [0.29, 0.717) is 24.3 Å². The first-order valence-electron chi connectivity index (χ1n) is 6.19. The molecule has 1 aromatic rings. The predicted molar refractivity (Wildman–Crippen MR) is 79.0 cm³/mol. The van der Waals surface area contributed by atoms with Crippen LogP contribution in [0.5, 0.6) is 0 Å². The van der Waals surface area contributed by atoms with Crippen molar-refractivity contribution in [2.75, 3.05) is 19.1 Å². The first-order chi connectivity index (χ1) is 9.58. The quantitative estimate of drug-likeness (QED) is 0.765. The third-order valence-corrected chi connectivity index (χ3v) is 3.36. The Bertz CT molecular complexity index is 464. The number of benzene rings is 1. The average Bonchev–Trinajstić information content (AvgIpc) is 2.43. The van der Waals surface area contributed by atoms with Gasteiger partial charge >= 0.3 is 5.97 Å². The van der Waals surface area contributed by atoms with Crippen molar-refractivity contribution in [2.24, 2.45) is 0 Å². The van der Waals surface area contributed by atoms with Crippen molar-refractivity contribution in [1.82, 2.24) is 5.32 Å². The van der Waals surface area contributed by atoms with E-state index >= 15 is 0 Å². The van der Waals surface area contributed by atoms with E-state index in [4.69, 9.17) is 9.84 Å². The predicted octanol–water partition coefficient (Wildman–Crippen LogP) is 1.77. The number of carbonyl (C=O) groups is 2. The summed E-state index contributed by atoms with van der Waals surface area (Å²) in [5.41, 5.74) is 1.31. The Balaban J connectivity index is 2.72. The second-order valence-electron chi connectivity index (χ2n) is 4.28. The summed E-state index contributed by atoms with van der Waals surface area (Å²) in [6, 6.07) is 6.10. The largest absolute Gasteiger partial charge is 0.480 e. The van der Waals surface area contributed by atoms with Crippen LogP contribution in [0.15, 0.2) is 24.3 Å². The summed E-state index contributed by atoms with van der Waals surface area (Å²) in [5, 5.41) is 11.6. The number of carboxylic acids is 1. The molecule has 2 N–H and O–H groups in total. The van der Waals surface area contributed by atoms with Crippen LogP contribution in [0.1, 0.15) is 22.3 Å². The van der Waals surface area contributed by atoms with Gasteiger partial charge in [0.15, 0.2) is 0 Å². The highest BCUT2D eigenvalue weighted by molar-refractivity contribution is 7.98. The molecule has 5 nitrogen and oxygen atoms in total. The number of aliphatic carboxylic acids is 1. The fraction of sp³-hybridized carbons (Fsp3) is 0.429. The first kappa shape index (κ1) is 16.5. The monoisotopic (exact) mass is 297 g/mol. The summed E-state index contributed by atoms with van der Waals surface area (Å²) in [6.45, 7) is 0.413. The molecule has 20 heavy (non-hydrogen) atoms. The number of rotatable bonds is 8. The highest BCUT2D eigenvalue weighted by Crippen LogP contribution is 2.08. The molecule has 0 aliphatic heterocycles. The molecule has 1 amide bonds. The zero-order valence-electron chi connectivity index (χ0n) is 11.6. The maximum absolute atomic E-state index is 12.1. The van der Waals surface area contributed by atoms with Crippen molar-refractivity contribution in [3.63, 3.8) is 0 Å². The summed E-state index contributed by atoms with van der Waals surface area (Å²) in [5.74, 6) is -0.710. The molecular weight excluding hydrogens is 278 g/mol. The third kappa shape index (κ3) is 5.22. The van der Waals surface area contributed by atoms with Gasteiger partial charge in [-0.1, -0.05) is 12.1 Å². The molecule has 0 aromatic heterocycles. The molecule has 0 aliphatic rings. The van der Waals surface area contributed by atoms with Gasteiger partial charge in [-0.25, -0.2) is 4.79 Å². The molecular formula is C14H19NO4S. The number of carbonyl (C=O) groups excluding carboxylic acids is 1. The van der Waals surface area contributed by atoms with E-state index in [-0.39, 0.29) is 5.91 Å². The second kappa shape index (κ2) is 8.60. The minimum Gasteiger partial charge on any atom is -0.480 e. The van der Waals surface area contributed by atoms with Gasteiger partial charge in [0.1, 0.15) is 6.04 Å². The zero-order valence-corrected chi connectivity index (χ0v) is 12.4. The molecule has 0 fully saturated rings. The topological polar surface area (TPSA) is 75.6 Å². The van der Waals surface area contributed by atoms with E-state index in [1.807, 2.05) is 12.3 Å². The van der Waals surface area contributed by atoms with Crippen molar-refractivity contribution in [1.29, 1.82) is 0 Å². The van der Waals surface area contributed by atoms with Gasteiger partial charge in [0.25, 0.3) is 5.91 Å². The van der Waals surface area contributed by atoms with Crippen LogP contribution in [0.3, 0.4) is 0 Å². The lowest BCUT2D eigenvalue weighted by molar-refractivity contribution is -0.139. The Morgan fingerprint density at radius 1 is 1.45 bits per heavy atom. The first-order valence-corrected chi connectivity index (χ1v) is 7.58. The molecule has 0 heterocycles. The summed E-state index contributed by atoms with van der Waals surface area (Å²) in [4.78, 5) is 23.2. The Kier molecular flexibility index (Phi) is 7.11. The summed E-state index contributed by atoms with van der Waals surface area (Å²) in [7, 11) is 1.58. The van der Waals surface area contributed by atoms with Crippen molar-refractivity contribution in [2.45, 2.75) is 19.1 Å². The number of thioether (sulfide) groups is 1. The van der Waals surface area contributed by atoms with Gasteiger partial charge in [-0.3, -0.25) is 4.79 Å². The fourth-order valence-electron chi connectivity index (χ4n) is 1.70. The Morgan fingerprint density at radius 3 is 2.80 bits per heavy atom. The lowest BCUT2D eigenvalue weighted by atomic mass is 10.1. The third-order valence-electron chi connectivity index (χ3n) is 2.71. The smallest absolute Gasteiger partial charge is 0.326 e. The number of hydrogen-bond donors (Lipinski definition) is 2. The average molecular weight is 297 g/mol. The van der Waals surface area contributed by atoms with Crippen LogP contribution in [0, 0.1) is 0 Å². The summed E-state index contributed by atoms with van der Waals surface area (Å²) < 4.78 is 5.01. The lowest BCUT2D eigenvalue weighted by Gasteiger charge is -2.14. The molecule has 0 radical (unpaired) electrons. The molecule has 0 bridgehead atoms. The number of methoxy groups -OCH3 is 1. The van der Waals surface area contributed by atoms with Crippen LogP contribution >= 0.6 is 11.8 Å².